The zero-order chi connectivity index (χ0) is 7.98. The Balaban J connectivity index is 3.49. The first kappa shape index (κ1) is 9.72. The van der Waals surface area contributed by atoms with E-state index in [2.05, 4.69) is 4.74 Å². The SMILES string of the molecule is CCC(COC)OC(=O)Cl. The van der Waals surface area contributed by atoms with E-state index in [-0.39, 0.29) is 6.10 Å². The van der Waals surface area contributed by atoms with Crippen molar-refractivity contribution >= 4 is 17.0 Å². The summed E-state index contributed by atoms with van der Waals surface area (Å²) in [6.45, 7) is 2.29. The Morgan fingerprint density at radius 1 is 1.70 bits per heavy atom. The molecule has 1 atom stereocenters. The lowest BCUT2D eigenvalue weighted by Crippen LogP contribution is -2.18. The number of halogens is 1. The normalized spacial score (nSPS) is 12.7. The molecule has 1 unspecified atom stereocenters. The van der Waals surface area contributed by atoms with Crippen LogP contribution in [0.2, 0.25) is 0 Å². The summed E-state index contributed by atoms with van der Waals surface area (Å²) in [6, 6.07) is 0. The van der Waals surface area contributed by atoms with Gasteiger partial charge in [0.05, 0.1) is 6.61 Å². The predicted molar refractivity (Wildman–Crippen MR) is 38.3 cm³/mol. The van der Waals surface area contributed by atoms with Crippen LogP contribution in [0.25, 0.3) is 0 Å². The van der Waals surface area contributed by atoms with Gasteiger partial charge in [0.25, 0.3) is 0 Å². The number of rotatable bonds is 4. The highest BCUT2D eigenvalue weighted by molar-refractivity contribution is 6.61. The minimum Gasteiger partial charge on any atom is -0.448 e. The summed E-state index contributed by atoms with van der Waals surface area (Å²) in [5, 5.41) is 0. The molecule has 0 fully saturated rings. The molecule has 0 spiro atoms. The Kier molecular flexibility index (Phi) is 5.35. The largest absolute Gasteiger partial charge is 0.448 e. The molecule has 60 valence electrons. The topological polar surface area (TPSA) is 35.5 Å². The molecule has 0 radical (unpaired) electrons. The maximum atomic E-state index is 10.2. The Morgan fingerprint density at radius 2 is 2.30 bits per heavy atom. The van der Waals surface area contributed by atoms with Gasteiger partial charge in [0.15, 0.2) is 0 Å². The van der Waals surface area contributed by atoms with Gasteiger partial charge in [-0.2, -0.15) is 0 Å². The monoisotopic (exact) mass is 166 g/mol. The van der Waals surface area contributed by atoms with Crippen LogP contribution in [0.5, 0.6) is 0 Å². The van der Waals surface area contributed by atoms with Crippen LogP contribution in [0.3, 0.4) is 0 Å². The van der Waals surface area contributed by atoms with Gasteiger partial charge in [-0.3, -0.25) is 0 Å². The zero-order valence-electron chi connectivity index (χ0n) is 6.09. The second kappa shape index (κ2) is 5.50. The van der Waals surface area contributed by atoms with Crippen molar-refractivity contribution in [3.05, 3.63) is 0 Å². The van der Waals surface area contributed by atoms with Crippen molar-refractivity contribution < 1.29 is 14.3 Å². The number of hydrogen-bond donors (Lipinski definition) is 0. The third-order valence-corrected chi connectivity index (χ3v) is 1.16. The van der Waals surface area contributed by atoms with E-state index in [0.717, 1.165) is 0 Å². The first-order valence-corrected chi connectivity index (χ1v) is 3.43. The Morgan fingerprint density at radius 3 is 2.60 bits per heavy atom. The third-order valence-electron chi connectivity index (χ3n) is 1.07. The minimum absolute atomic E-state index is 0.213. The molecular formula is C6H11ClO3. The summed E-state index contributed by atoms with van der Waals surface area (Å²) in [4.78, 5) is 10.2. The quantitative estimate of drug-likeness (QED) is 0.598. The lowest BCUT2D eigenvalue weighted by Gasteiger charge is -2.11. The Hall–Kier alpha value is -0.280. The summed E-state index contributed by atoms with van der Waals surface area (Å²) in [5.41, 5.74) is -0.774. The molecule has 3 nitrogen and oxygen atoms in total. The molecule has 0 rings (SSSR count). The van der Waals surface area contributed by atoms with Crippen LogP contribution in [-0.4, -0.2) is 25.2 Å². The van der Waals surface area contributed by atoms with Crippen molar-refractivity contribution in [1.29, 1.82) is 0 Å². The van der Waals surface area contributed by atoms with E-state index in [9.17, 15) is 4.79 Å². The fourth-order valence-corrected chi connectivity index (χ4v) is 0.678. The maximum absolute atomic E-state index is 10.2. The van der Waals surface area contributed by atoms with Crippen LogP contribution >= 0.6 is 11.6 Å². The average Bonchev–Trinajstić information content (AvgIpc) is 1.86. The van der Waals surface area contributed by atoms with Crippen LogP contribution < -0.4 is 0 Å². The Labute approximate surface area is 65.3 Å². The van der Waals surface area contributed by atoms with E-state index in [1.54, 1.807) is 7.11 Å². The standard InChI is InChI=1S/C6H11ClO3/c1-3-5(4-9-2)10-6(7)8/h5H,3-4H2,1-2H3. The van der Waals surface area contributed by atoms with Crippen molar-refractivity contribution in [3.8, 4) is 0 Å². The number of hydrogen-bond acceptors (Lipinski definition) is 3. The molecule has 10 heavy (non-hydrogen) atoms. The molecule has 0 aliphatic rings. The van der Waals surface area contributed by atoms with E-state index in [4.69, 9.17) is 16.3 Å². The van der Waals surface area contributed by atoms with Gasteiger partial charge < -0.3 is 9.47 Å². The smallest absolute Gasteiger partial charge is 0.404 e. The average molecular weight is 167 g/mol. The number of carbonyl (C=O) groups excluding carboxylic acids is 1. The van der Waals surface area contributed by atoms with Crippen molar-refractivity contribution in [2.24, 2.45) is 0 Å². The number of methoxy groups -OCH3 is 1. The van der Waals surface area contributed by atoms with E-state index in [0.29, 0.717) is 13.0 Å². The number of ether oxygens (including phenoxy) is 2. The van der Waals surface area contributed by atoms with Crippen LogP contribution in [0.1, 0.15) is 13.3 Å². The molecular weight excluding hydrogens is 156 g/mol. The lowest BCUT2D eigenvalue weighted by molar-refractivity contribution is 0.0499. The van der Waals surface area contributed by atoms with Gasteiger partial charge in [-0.05, 0) is 6.42 Å². The van der Waals surface area contributed by atoms with E-state index in [1.165, 1.54) is 0 Å². The molecule has 0 aromatic rings. The van der Waals surface area contributed by atoms with Crippen LogP contribution in [0, 0.1) is 0 Å². The molecule has 0 amide bonds. The molecule has 0 heterocycles. The van der Waals surface area contributed by atoms with Crippen LogP contribution in [-0.2, 0) is 9.47 Å². The summed E-state index contributed by atoms with van der Waals surface area (Å²) in [7, 11) is 1.55. The van der Waals surface area contributed by atoms with E-state index < -0.39 is 5.43 Å². The van der Waals surface area contributed by atoms with Crippen molar-refractivity contribution in [2.75, 3.05) is 13.7 Å². The molecule has 0 bridgehead atoms. The second-order valence-corrected chi connectivity index (χ2v) is 2.15. The first-order valence-electron chi connectivity index (χ1n) is 3.05. The molecule has 0 saturated carbocycles. The van der Waals surface area contributed by atoms with Gasteiger partial charge >= 0.3 is 5.43 Å². The van der Waals surface area contributed by atoms with Crippen LogP contribution in [0.4, 0.5) is 4.79 Å². The summed E-state index contributed by atoms with van der Waals surface area (Å²) in [5.74, 6) is 0. The zero-order valence-corrected chi connectivity index (χ0v) is 6.85. The van der Waals surface area contributed by atoms with Crippen molar-refractivity contribution in [2.45, 2.75) is 19.4 Å². The lowest BCUT2D eigenvalue weighted by atomic mass is 10.3. The molecule has 0 saturated heterocycles. The van der Waals surface area contributed by atoms with E-state index in [1.807, 2.05) is 6.92 Å². The van der Waals surface area contributed by atoms with Gasteiger partial charge in [-0.25, -0.2) is 4.79 Å². The van der Waals surface area contributed by atoms with Gasteiger partial charge in [0.2, 0.25) is 0 Å². The predicted octanol–water partition coefficient (Wildman–Crippen LogP) is 1.79. The Bertz CT molecular complexity index is 105. The maximum Gasteiger partial charge on any atom is 0.404 e. The second-order valence-electron chi connectivity index (χ2n) is 1.84. The molecule has 0 aliphatic heterocycles. The van der Waals surface area contributed by atoms with Gasteiger partial charge in [0.1, 0.15) is 6.10 Å². The van der Waals surface area contributed by atoms with Crippen LogP contribution in [0.15, 0.2) is 0 Å². The minimum atomic E-state index is -0.774. The van der Waals surface area contributed by atoms with E-state index >= 15 is 0 Å². The van der Waals surface area contributed by atoms with Crippen molar-refractivity contribution in [3.63, 3.8) is 0 Å². The third kappa shape index (κ3) is 4.58. The number of carbonyl (C=O) groups is 1. The summed E-state index contributed by atoms with van der Waals surface area (Å²) in [6.07, 6.45) is 0.502. The molecule has 0 aromatic heterocycles. The summed E-state index contributed by atoms with van der Waals surface area (Å²) < 4.78 is 9.40. The summed E-state index contributed by atoms with van der Waals surface area (Å²) >= 11 is 4.97. The van der Waals surface area contributed by atoms with Gasteiger partial charge in [0, 0.05) is 18.7 Å². The highest BCUT2D eigenvalue weighted by Crippen LogP contribution is 2.01. The fourth-order valence-electron chi connectivity index (χ4n) is 0.552. The molecule has 4 heteroatoms. The first-order chi connectivity index (χ1) is 4.70. The van der Waals surface area contributed by atoms with Gasteiger partial charge in [-0.15, -0.1) is 0 Å². The molecule has 0 aliphatic carbocycles. The van der Waals surface area contributed by atoms with Crippen molar-refractivity contribution in [1.82, 2.24) is 0 Å². The molecule has 0 aromatic carbocycles. The highest BCUT2D eigenvalue weighted by atomic mass is 35.5. The van der Waals surface area contributed by atoms with Gasteiger partial charge in [-0.1, -0.05) is 6.92 Å². The fraction of sp³-hybridized carbons (Fsp3) is 0.833. The molecule has 0 N–H and O–H groups in total. The highest BCUT2D eigenvalue weighted by Gasteiger charge is 2.08.